The minimum Gasteiger partial charge on any atom is -0.434 e. The summed E-state index contributed by atoms with van der Waals surface area (Å²) in [6.07, 6.45) is 1.35. The molecule has 0 spiro atoms. The van der Waals surface area contributed by atoms with E-state index in [1.807, 2.05) is 39.8 Å². The largest absolute Gasteiger partial charge is 0.434 e. The Morgan fingerprint density at radius 2 is 2.04 bits per heavy atom. The lowest BCUT2D eigenvalue weighted by molar-refractivity contribution is -0.100. The minimum absolute atomic E-state index is 0.112. The normalized spacial score (nSPS) is 19.4. The van der Waals surface area contributed by atoms with Gasteiger partial charge in [-0.1, -0.05) is 29.3 Å². The van der Waals surface area contributed by atoms with Crippen molar-refractivity contribution in [3.63, 3.8) is 0 Å². The third-order valence-electron chi connectivity index (χ3n) is 4.04. The standard InChI is InChI=1S/C18H21N3O4/c1-5-18(4)21(19-17(22)24-15-7-6-8-23-15)16(20-25-18)14-10-12(2)9-13(3)11-14/h6-11H,5H2,1-4H3,(H,19,22). The first kappa shape index (κ1) is 16.9. The Hall–Kier alpha value is -2.96. The fourth-order valence-corrected chi connectivity index (χ4v) is 2.65. The number of hydrogen-bond donors (Lipinski definition) is 1. The summed E-state index contributed by atoms with van der Waals surface area (Å²) in [5.74, 6) is 0.633. The monoisotopic (exact) mass is 343 g/mol. The number of nitrogens with zero attached hydrogens (tertiary/aromatic N) is 2. The summed E-state index contributed by atoms with van der Waals surface area (Å²) in [6, 6.07) is 9.24. The second kappa shape index (κ2) is 6.51. The number of hydrogen-bond acceptors (Lipinski definition) is 6. The van der Waals surface area contributed by atoms with Gasteiger partial charge >= 0.3 is 6.09 Å². The molecular weight excluding hydrogens is 322 g/mol. The van der Waals surface area contributed by atoms with Gasteiger partial charge in [-0.25, -0.2) is 15.2 Å². The van der Waals surface area contributed by atoms with E-state index in [4.69, 9.17) is 14.0 Å². The van der Waals surface area contributed by atoms with E-state index < -0.39 is 11.8 Å². The fourth-order valence-electron chi connectivity index (χ4n) is 2.65. The van der Waals surface area contributed by atoms with Crippen LogP contribution in [-0.2, 0) is 4.84 Å². The zero-order chi connectivity index (χ0) is 18.0. The van der Waals surface area contributed by atoms with E-state index in [0.717, 1.165) is 16.7 Å². The van der Waals surface area contributed by atoms with Gasteiger partial charge in [0, 0.05) is 18.1 Å². The van der Waals surface area contributed by atoms with Gasteiger partial charge in [-0.05, 0) is 39.0 Å². The van der Waals surface area contributed by atoms with Crippen LogP contribution < -0.4 is 10.2 Å². The van der Waals surface area contributed by atoms with E-state index in [2.05, 4.69) is 16.6 Å². The van der Waals surface area contributed by atoms with Crippen LogP contribution in [-0.4, -0.2) is 22.7 Å². The molecule has 0 fully saturated rings. The fraction of sp³-hybridized carbons (Fsp3) is 0.333. The van der Waals surface area contributed by atoms with Crippen LogP contribution in [0.3, 0.4) is 0 Å². The first-order valence-electron chi connectivity index (χ1n) is 8.08. The van der Waals surface area contributed by atoms with E-state index >= 15 is 0 Å². The van der Waals surface area contributed by atoms with Crippen LogP contribution in [0.2, 0.25) is 0 Å². The van der Waals surface area contributed by atoms with E-state index in [9.17, 15) is 4.79 Å². The smallest absolute Gasteiger partial charge is 0.434 e. The van der Waals surface area contributed by atoms with Gasteiger partial charge in [0.2, 0.25) is 5.72 Å². The molecule has 7 nitrogen and oxygen atoms in total. The second-order valence-electron chi connectivity index (χ2n) is 6.18. The van der Waals surface area contributed by atoms with Crippen molar-refractivity contribution in [2.45, 2.75) is 39.8 Å². The van der Waals surface area contributed by atoms with Crippen molar-refractivity contribution in [2.75, 3.05) is 0 Å². The Kier molecular flexibility index (Phi) is 4.39. The number of carbonyl (C=O) groups excluding carboxylic acids is 1. The maximum absolute atomic E-state index is 12.2. The Labute approximate surface area is 146 Å². The van der Waals surface area contributed by atoms with Gasteiger partial charge in [0.05, 0.1) is 6.26 Å². The predicted molar refractivity (Wildman–Crippen MR) is 91.9 cm³/mol. The number of furan rings is 1. The molecule has 1 aliphatic rings. The molecule has 0 saturated heterocycles. The van der Waals surface area contributed by atoms with Crippen molar-refractivity contribution < 1.29 is 18.8 Å². The summed E-state index contributed by atoms with van der Waals surface area (Å²) in [6.45, 7) is 7.81. The molecule has 1 N–H and O–H groups in total. The molecule has 1 aliphatic heterocycles. The average molecular weight is 343 g/mol. The van der Waals surface area contributed by atoms with Crippen molar-refractivity contribution >= 4 is 11.9 Å². The third-order valence-corrected chi connectivity index (χ3v) is 4.04. The van der Waals surface area contributed by atoms with Crippen molar-refractivity contribution in [3.05, 3.63) is 53.3 Å². The molecule has 7 heteroatoms. The summed E-state index contributed by atoms with van der Waals surface area (Å²) in [4.78, 5) is 17.8. The number of hydrazine groups is 1. The number of ether oxygens (including phenoxy) is 1. The van der Waals surface area contributed by atoms with Crippen LogP contribution in [0.4, 0.5) is 4.79 Å². The number of oxime groups is 1. The lowest BCUT2D eigenvalue weighted by atomic mass is 10.1. The van der Waals surface area contributed by atoms with E-state index in [-0.39, 0.29) is 5.95 Å². The van der Waals surface area contributed by atoms with Gasteiger partial charge < -0.3 is 14.0 Å². The third kappa shape index (κ3) is 3.45. The topological polar surface area (TPSA) is 76.3 Å². The number of amides is 1. The minimum atomic E-state index is -0.810. The maximum atomic E-state index is 12.2. The summed E-state index contributed by atoms with van der Waals surface area (Å²) in [5, 5.41) is 5.78. The van der Waals surface area contributed by atoms with Gasteiger partial charge in [-0.3, -0.25) is 0 Å². The number of carbonyl (C=O) groups is 1. The molecule has 2 heterocycles. The predicted octanol–water partition coefficient (Wildman–Crippen LogP) is 3.72. The summed E-state index contributed by atoms with van der Waals surface area (Å²) < 4.78 is 10.1. The zero-order valence-electron chi connectivity index (χ0n) is 14.7. The summed E-state index contributed by atoms with van der Waals surface area (Å²) >= 11 is 0. The Morgan fingerprint density at radius 3 is 2.64 bits per heavy atom. The first-order valence-corrected chi connectivity index (χ1v) is 8.08. The van der Waals surface area contributed by atoms with Crippen LogP contribution in [0.25, 0.3) is 0 Å². The van der Waals surface area contributed by atoms with Crippen molar-refractivity contribution in [1.29, 1.82) is 0 Å². The maximum Gasteiger partial charge on any atom is 0.434 e. The quantitative estimate of drug-likeness (QED) is 0.915. The molecule has 1 aromatic heterocycles. The second-order valence-corrected chi connectivity index (χ2v) is 6.18. The highest BCUT2D eigenvalue weighted by Gasteiger charge is 2.43. The number of nitrogens with one attached hydrogen (secondary N) is 1. The van der Waals surface area contributed by atoms with E-state index in [0.29, 0.717) is 12.3 Å². The van der Waals surface area contributed by atoms with Crippen molar-refractivity contribution in [3.8, 4) is 5.95 Å². The van der Waals surface area contributed by atoms with Gasteiger partial charge in [0.15, 0.2) is 5.84 Å². The molecule has 0 radical (unpaired) electrons. The molecule has 0 saturated carbocycles. The summed E-state index contributed by atoms with van der Waals surface area (Å²) in [7, 11) is 0. The van der Waals surface area contributed by atoms with Crippen molar-refractivity contribution in [1.82, 2.24) is 10.4 Å². The van der Waals surface area contributed by atoms with Gasteiger partial charge in [0.25, 0.3) is 5.95 Å². The first-order chi connectivity index (χ1) is 11.9. The van der Waals surface area contributed by atoms with Crippen LogP contribution in [0.15, 0.2) is 46.2 Å². The van der Waals surface area contributed by atoms with Crippen LogP contribution in [0.5, 0.6) is 5.95 Å². The molecule has 1 unspecified atom stereocenters. The van der Waals surface area contributed by atoms with E-state index in [1.54, 1.807) is 17.1 Å². The molecule has 1 atom stereocenters. The van der Waals surface area contributed by atoms with Crippen molar-refractivity contribution in [2.24, 2.45) is 5.16 Å². The Balaban J connectivity index is 1.85. The van der Waals surface area contributed by atoms with Crippen LogP contribution in [0.1, 0.15) is 37.0 Å². The molecule has 2 aromatic rings. The highest BCUT2D eigenvalue weighted by molar-refractivity contribution is 6.00. The molecule has 0 aliphatic carbocycles. The van der Waals surface area contributed by atoms with Gasteiger partial charge in [-0.2, -0.15) is 0 Å². The zero-order valence-corrected chi connectivity index (χ0v) is 14.7. The van der Waals surface area contributed by atoms with Crippen LogP contribution in [0, 0.1) is 13.8 Å². The highest BCUT2D eigenvalue weighted by Crippen LogP contribution is 2.29. The molecule has 0 bridgehead atoms. The van der Waals surface area contributed by atoms with Gasteiger partial charge in [-0.15, -0.1) is 0 Å². The molecular formula is C18H21N3O4. The molecule has 1 aromatic carbocycles. The number of amidine groups is 1. The molecule has 132 valence electrons. The number of rotatable bonds is 4. The van der Waals surface area contributed by atoms with Crippen LogP contribution >= 0.6 is 0 Å². The average Bonchev–Trinajstić information content (AvgIpc) is 3.16. The molecule has 3 rings (SSSR count). The highest BCUT2D eigenvalue weighted by atomic mass is 16.7. The number of aryl methyl sites for hydroxylation is 2. The van der Waals surface area contributed by atoms with Gasteiger partial charge in [0.1, 0.15) is 0 Å². The lowest BCUT2D eigenvalue weighted by Crippen LogP contribution is -2.56. The lowest BCUT2D eigenvalue weighted by Gasteiger charge is -2.32. The number of benzene rings is 1. The summed E-state index contributed by atoms with van der Waals surface area (Å²) in [5.41, 5.74) is 4.94. The SMILES string of the molecule is CCC1(C)ON=C(c2cc(C)cc(C)c2)N1NC(=O)Oc1ccco1. The Morgan fingerprint density at radius 1 is 1.32 bits per heavy atom. The van der Waals surface area contributed by atoms with E-state index in [1.165, 1.54) is 6.26 Å². The molecule has 25 heavy (non-hydrogen) atoms. The molecule has 1 amide bonds. The Bertz CT molecular complexity index is 780.